The molecule has 0 aliphatic carbocycles. The molecule has 2 heterocycles. The summed E-state index contributed by atoms with van der Waals surface area (Å²) in [6.07, 6.45) is 0.301. The molecule has 2 N–H and O–H groups in total. The minimum absolute atomic E-state index is 0.00602. The van der Waals surface area contributed by atoms with Gasteiger partial charge in [-0.2, -0.15) is 0 Å². The largest absolute Gasteiger partial charge is 0.348 e. The third kappa shape index (κ3) is 3.43. The van der Waals surface area contributed by atoms with Crippen LogP contribution in [0.2, 0.25) is 0 Å². The quantitative estimate of drug-likeness (QED) is 0.712. The molecule has 0 bridgehead atoms. The average molecular weight is 429 g/mol. The van der Waals surface area contributed by atoms with Crippen LogP contribution in [0.4, 0.5) is 4.79 Å². The van der Waals surface area contributed by atoms with Gasteiger partial charge in [-0.3, -0.25) is 14.5 Å². The van der Waals surface area contributed by atoms with Gasteiger partial charge in [-0.15, -0.1) is 0 Å². The molecule has 4 amide bonds. The fourth-order valence-corrected chi connectivity index (χ4v) is 6.41. The van der Waals surface area contributed by atoms with Crippen molar-refractivity contribution in [1.82, 2.24) is 15.5 Å². The summed E-state index contributed by atoms with van der Waals surface area (Å²) in [7, 11) is -3.20. The number of carbonyl (C=O) groups is 3. The monoisotopic (exact) mass is 429 g/mol. The molecule has 2 aliphatic rings. The Kier molecular flexibility index (Phi) is 4.61. The highest BCUT2D eigenvalue weighted by atomic mass is 32.2. The van der Waals surface area contributed by atoms with Crippen molar-refractivity contribution in [3.63, 3.8) is 0 Å². The van der Waals surface area contributed by atoms with Crippen LogP contribution in [0.15, 0.2) is 42.5 Å². The third-order valence-electron chi connectivity index (χ3n) is 5.85. The Balaban J connectivity index is 1.56. The zero-order valence-electron chi connectivity index (χ0n) is 16.8. The predicted octanol–water partition coefficient (Wildman–Crippen LogP) is 1.30. The maximum Gasteiger partial charge on any atom is 0.325 e. The van der Waals surface area contributed by atoms with Crippen LogP contribution in [0.3, 0.4) is 0 Å². The zero-order chi connectivity index (χ0) is 21.7. The second kappa shape index (κ2) is 6.80. The summed E-state index contributed by atoms with van der Waals surface area (Å²) in [6, 6.07) is 12.4. The van der Waals surface area contributed by atoms with E-state index in [9.17, 15) is 22.8 Å². The fourth-order valence-electron chi connectivity index (χ4n) is 4.31. The van der Waals surface area contributed by atoms with Gasteiger partial charge in [0.25, 0.3) is 5.91 Å². The van der Waals surface area contributed by atoms with Gasteiger partial charge in [0.15, 0.2) is 9.84 Å². The number of fused-ring (bicyclic) bond motifs is 1. The maximum atomic E-state index is 13.2. The fraction of sp³-hybridized carbons (Fsp3) is 0.381. The molecule has 0 aromatic heterocycles. The number of nitrogens with one attached hydrogen (secondary N) is 2. The van der Waals surface area contributed by atoms with E-state index in [0.29, 0.717) is 12.0 Å². The normalized spacial score (nSPS) is 28.0. The summed E-state index contributed by atoms with van der Waals surface area (Å²) in [5.41, 5.74) is -1.55. The molecule has 8 nitrogen and oxygen atoms in total. The van der Waals surface area contributed by atoms with Gasteiger partial charge in [0.05, 0.1) is 17.0 Å². The van der Waals surface area contributed by atoms with E-state index in [2.05, 4.69) is 10.6 Å². The third-order valence-corrected chi connectivity index (χ3v) is 7.75. The van der Waals surface area contributed by atoms with E-state index in [1.807, 2.05) is 36.4 Å². The Hall–Kier alpha value is -2.94. The Labute approximate surface area is 174 Å². The van der Waals surface area contributed by atoms with E-state index in [4.69, 9.17) is 0 Å². The number of imide groups is 1. The zero-order valence-corrected chi connectivity index (χ0v) is 17.6. The van der Waals surface area contributed by atoms with Crippen LogP contribution in [0.1, 0.15) is 25.8 Å². The summed E-state index contributed by atoms with van der Waals surface area (Å²) < 4.78 is 23.5. The number of nitrogens with zero attached hydrogens (tertiary/aromatic N) is 1. The first kappa shape index (κ1) is 20.3. The van der Waals surface area contributed by atoms with Crippen molar-refractivity contribution >= 4 is 38.5 Å². The van der Waals surface area contributed by atoms with Gasteiger partial charge in [0, 0.05) is 0 Å². The molecule has 4 rings (SSSR count). The molecule has 0 saturated carbocycles. The van der Waals surface area contributed by atoms with Crippen molar-refractivity contribution in [2.45, 2.75) is 31.3 Å². The van der Waals surface area contributed by atoms with Gasteiger partial charge in [-0.05, 0) is 36.6 Å². The highest BCUT2D eigenvalue weighted by Gasteiger charge is 2.50. The van der Waals surface area contributed by atoms with E-state index in [1.54, 1.807) is 19.9 Å². The summed E-state index contributed by atoms with van der Waals surface area (Å²) in [4.78, 5) is 39.2. The summed E-state index contributed by atoms with van der Waals surface area (Å²) in [5.74, 6) is -1.24. The second-order valence-corrected chi connectivity index (χ2v) is 10.6. The molecule has 30 heavy (non-hydrogen) atoms. The summed E-state index contributed by atoms with van der Waals surface area (Å²) in [6.45, 7) is 2.81. The van der Waals surface area contributed by atoms with Crippen LogP contribution in [0, 0.1) is 0 Å². The van der Waals surface area contributed by atoms with E-state index in [1.165, 1.54) is 0 Å². The van der Waals surface area contributed by atoms with Crippen LogP contribution >= 0.6 is 0 Å². The van der Waals surface area contributed by atoms with Gasteiger partial charge < -0.3 is 10.6 Å². The van der Waals surface area contributed by atoms with Crippen molar-refractivity contribution < 1.29 is 22.8 Å². The number of urea groups is 1. The highest BCUT2D eigenvalue weighted by Crippen LogP contribution is 2.33. The first-order valence-corrected chi connectivity index (χ1v) is 11.5. The molecule has 0 unspecified atom stereocenters. The molecule has 2 aromatic rings. The molecule has 2 aliphatic heterocycles. The van der Waals surface area contributed by atoms with Crippen molar-refractivity contribution in [2.75, 3.05) is 18.1 Å². The molecular formula is C21H23N3O5S. The van der Waals surface area contributed by atoms with Gasteiger partial charge >= 0.3 is 6.03 Å². The molecule has 2 fully saturated rings. The van der Waals surface area contributed by atoms with Crippen LogP contribution in [0.25, 0.3) is 10.8 Å². The van der Waals surface area contributed by atoms with Crippen LogP contribution in [-0.2, 0) is 25.0 Å². The summed E-state index contributed by atoms with van der Waals surface area (Å²) >= 11 is 0. The summed E-state index contributed by atoms with van der Waals surface area (Å²) in [5, 5.41) is 7.18. The lowest BCUT2D eigenvalue weighted by molar-refractivity contribution is -0.135. The standard InChI is InChI=1S/C21H23N3O5S/c1-20(10-11-30(28,29)13-20)22-17(25)12-24-18(26)21(2,23-19(24)27)16-9-5-7-14-6-3-4-8-15(14)16/h3-9H,10-13H2,1-2H3,(H,22,25)(H,23,27)/t20-,21+/m0/s1. The van der Waals surface area contributed by atoms with Crippen LogP contribution in [0.5, 0.6) is 0 Å². The molecule has 0 spiro atoms. The number of rotatable bonds is 4. The van der Waals surface area contributed by atoms with E-state index < -0.39 is 45.3 Å². The van der Waals surface area contributed by atoms with E-state index in [-0.39, 0.29) is 11.5 Å². The number of sulfone groups is 1. The number of hydrogen-bond acceptors (Lipinski definition) is 5. The van der Waals surface area contributed by atoms with E-state index >= 15 is 0 Å². The molecule has 2 atom stereocenters. The molecule has 2 aromatic carbocycles. The smallest absolute Gasteiger partial charge is 0.325 e. The lowest BCUT2D eigenvalue weighted by Crippen LogP contribution is -2.51. The lowest BCUT2D eigenvalue weighted by Gasteiger charge is -2.26. The number of hydrogen-bond donors (Lipinski definition) is 2. The maximum absolute atomic E-state index is 13.2. The topological polar surface area (TPSA) is 113 Å². The van der Waals surface area contributed by atoms with Gasteiger partial charge in [0.2, 0.25) is 5.91 Å². The molecule has 158 valence electrons. The first-order valence-electron chi connectivity index (χ1n) is 9.67. The number of carbonyl (C=O) groups excluding carboxylic acids is 3. The molecule has 2 saturated heterocycles. The average Bonchev–Trinajstić information content (AvgIpc) is 3.08. The van der Waals surface area contributed by atoms with Gasteiger partial charge in [-0.25, -0.2) is 13.2 Å². The van der Waals surface area contributed by atoms with Crippen LogP contribution < -0.4 is 10.6 Å². The van der Waals surface area contributed by atoms with Gasteiger partial charge in [-0.1, -0.05) is 42.5 Å². The van der Waals surface area contributed by atoms with Crippen LogP contribution in [-0.4, -0.2) is 54.8 Å². The van der Waals surface area contributed by atoms with Crippen molar-refractivity contribution in [1.29, 1.82) is 0 Å². The Morgan fingerprint density at radius 3 is 2.53 bits per heavy atom. The molecule has 0 radical (unpaired) electrons. The SMILES string of the molecule is C[C@]1(NC(=O)CN2C(=O)N[C@](C)(c3cccc4ccccc34)C2=O)CCS(=O)(=O)C1. The highest BCUT2D eigenvalue weighted by molar-refractivity contribution is 7.91. The second-order valence-electron chi connectivity index (χ2n) is 8.42. The minimum atomic E-state index is -3.20. The lowest BCUT2D eigenvalue weighted by atomic mass is 9.88. The molecule has 9 heteroatoms. The Morgan fingerprint density at radius 1 is 1.13 bits per heavy atom. The van der Waals surface area contributed by atoms with Gasteiger partial charge in [0.1, 0.15) is 12.1 Å². The first-order chi connectivity index (χ1) is 14.0. The Bertz CT molecular complexity index is 1170. The number of benzene rings is 2. The van der Waals surface area contributed by atoms with Crippen molar-refractivity contribution in [3.05, 3.63) is 48.0 Å². The Morgan fingerprint density at radius 2 is 1.83 bits per heavy atom. The predicted molar refractivity (Wildman–Crippen MR) is 111 cm³/mol. The van der Waals surface area contributed by atoms with Crippen molar-refractivity contribution in [2.24, 2.45) is 0 Å². The van der Waals surface area contributed by atoms with E-state index in [0.717, 1.165) is 15.7 Å². The van der Waals surface area contributed by atoms with Crippen molar-refractivity contribution in [3.8, 4) is 0 Å². The minimum Gasteiger partial charge on any atom is -0.348 e. The molecular weight excluding hydrogens is 406 g/mol. The number of amides is 4.